The van der Waals surface area contributed by atoms with E-state index in [1.807, 2.05) is 0 Å². The van der Waals surface area contributed by atoms with Gasteiger partial charge in [-0.05, 0) is 24.1 Å². The van der Waals surface area contributed by atoms with Crippen molar-refractivity contribution >= 4 is 19.9 Å². The van der Waals surface area contributed by atoms with Gasteiger partial charge in [-0.2, -0.15) is 0 Å². The molecule has 0 bridgehead atoms. The molecule has 1 rings (SSSR count). The van der Waals surface area contributed by atoms with Crippen molar-refractivity contribution in [1.82, 2.24) is 0 Å². The summed E-state index contributed by atoms with van der Waals surface area (Å²) in [6.45, 7) is 0. The molecule has 0 saturated carbocycles. The smallest absolute Gasteiger partial charge is 0.335 e. The van der Waals surface area contributed by atoms with Gasteiger partial charge in [-0.15, -0.1) is 0 Å². The number of carboxylic acid groups (broad SMARTS) is 1. The fourth-order valence-corrected chi connectivity index (χ4v) is 1.87. The van der Waals surface area contributed by atoms with Crippen LogP contribution in [0.2, 0.25) is 0 Å². The molecule has 6 nitrogen and oxygen atoms in total. The normalized spacial score (nSPS) is 11.2. The number of carbonyl (C=O) groups is 2. The zero-order valence-corrected chi connectivity index (χ0v) is 9.63. The average Bonchev–Trinajstić information content (AvgIpc) is 2.24. The molecule has 0 spiro atoms. The maximum absolute atomic E-state index is 10.7. The van der Waals surface area contributed by atoms with E-state index in [0.29, 0.717) is 11.8 Å². The first kappa shape index (κ1) is 13.6. The molecule has 0 amide bonds. The number of aromatic carboxylic acids is 1. The molecule has 1 aromatic rings. The minimum atomic E-state index is -4.16. The maximum Gasteiger partial charge on any atom is 0.335 e. The Morgan fingerprint density at radius 2 is 2.00 bits per heavy atom. The van der Waals surface area contributed by atoms with E-state index >= 15 is 0 Å². The molecular weight excluding hydrogens is 247 g/mol. The third-order valence-electron chi connectivity index (χ3n) is 2.19. The van der Waals surface area contributed by atoms with Crippen molar-refractivity contribution in [2.45, 2.75) is 6.42 Å². The van der Waals surface area contributed by atoms with Crippen molar-refractivity contribution < 1.29 is 29.0 Å². The van der Waals surface area contributed by atoms with Crippen molar-refractivity contribution in [3.8, 4) is 0 Å². The second-order valence-corrected chi connectivity index (χ2v) is 5.25. The monoisotopic (exact) mass is 258 g/mol. The van der Waals surface area contributed by atoms with Crippen LogP contribution in [-0.4, -0.2) is 33.3 Å². The van der Waals surface area contributed by atoms with Gasteiger partial charge >= 0.3 is 13.6 Å². The highest BCUT2D eigenvalue weighted by molar-refractivity contribution is 7.51. The molecule has 0 aliphatic carbocycles. The van der Waals surface area contributed by atoms with E-state index in [4.69, 9.17) is 14.9 Å². The van der Waals surface area contributed by atoms with E-state index in [1.54, 1.807) is 0 Å². The van der Waals surface area contributed by atoms with Gasteiger partial charge in [0.05, 0.1) is 11.7 Å². The minimum absolute atomic E-state index is 0.0173. The number of aldehydes is 1. The summed E-state index contributed by atoms with van der Waals surface area (Å²) >= 11 is 0. The van der Waals surface area contributed by atoms with Crippen molar-refractivity contribution in [2.24, 2.45) is 0 Å². The van der Waals surface area contributed by atoms with Crippen molar-refractivity contribution in [3.05, 3.63) is 34.9 Å². The van der Waals surface area contributed by atoms with Gasteiger partial charge in [-0.1, -0.05) is 6.07 Å². The Kier molecular flexibility index (Phi) is 4.17. The standard InChI is InChI=1S/C10H11O6P/c11-6-9-2-1-8(10(12)13)5-7(9)3-4-17(14,15)16/h1-2,5-6H,3-4H2,(H,12,13)(H2,14,15,16). The van der Waals surface area contributed by atoms with Gasteiger partial charge < -0.3 is 14.9 Å². The lowest BCUT2D eigenvalue weighted by molar-refractivity contribution is 0.0696. The Morgan fingerprint density at radius 3 is 2.47 bits per heavy atom. The molecule has 0 aliphatic heterocycles. The van der Waals surface area contributed by atoms with Gasteiger partial charge in [0.15, 0.2) is 0 Å². The fraction of sp³-hybridized carbons (Fsp3) is 0.200. The van der Waals surface area contributed by atoms with Crippen LogP contribution in [0.3, 0.4) is 0 Å². The first-order valence-electron chi connectivity index (χ1n) is 4.69. The van der Waals surface area contributed by atoms with Gasteiger partial charge in [0.1, 0.15) is 6.29 Å². The van der Waals surface area contributed by atoms with Crippen molar-refractivity contribution in [1.29, 1.82) is 0 Å². The molecule has 0 atom stereocenters. The van der Waals surface area contributed by atoms with Crippen LogP contribution in [0.5, 0.6) is 0 Å². The second kappa shape index (κ2) is 5.23. The van der Waals surface area contributed by atoms with Crippen LogP contribution in [-0.2, 0) is 11.0 Å². The van der Waals surface area contributed by atoms with Crippen LogP contribution in [0, 0.1) is 0 Å². The Hall–Kier alpha value is -1.49. The third kappa shape index (κ3) is 4.11. The molecule has 1 aromatic carbocycles. The predicted molar refractivity (Wildman–Crippen MR) is 59.4 cm³/mol. The molecule has 0 aliphatic rings. The van der Waals surface area contributed by atoms with Crippen LogP contribution < -0.4 is 0 Å². The number of hydrogen-bond acceptors (Lipinski definition) is 3. The van der Waals surface area contributed by atoms with E-state index in [9.17, 15) is 14.2 Å². The van der Waals surface area contributed by atoms with Crippen LogP contribution in [0.4, 0.5) is 0 Å². The van der Waals surface area contributed by atoms with Gasteiger partial charge in [-0.3, -0.25) is 9.36 Å². The Balaban J connectivity index is 3.02. The molecule has 92 valence electrons. The molecule has 0 aromatic heterocycles. The van der Waals surface area contributed by atoms with Crippen LogP contribution >= 0.6 is 7.60 Å². The quantitative estimate of drug-likeness (QED) is 0.534. The molecule has 0 saturated heterocycles. The van der Waals surface area contributed by atoms with Crippen LogP contribution in [0.15, 0.2) is 18.2 Å². The summed E-state index contributed by atoms with van der Waals surface area (Å²) in [6.07, 6.45) is 0.0665. The Labute approximate surface area is 97.1 Å². The highest BCUT2D eigenvalue weighted by Crippen LogP contribution is 2.35. The Bertz CT molecular complexity index is 490. The number of rotatable bonds is 5. The molecule has 0 unspecified atom stereocenters. The van der Waals surface area contributed by atoms with Crippen LogP contribution in [0.1, 0.15) is 26.3 Å². The second-order valence-electron chi connectivity index (χ2n) is 3.47. The predicted octanol–water partition coefficient (Wildman–Crippen LogP) is 0.917. The van der Waals surface area contributed by atoms with E-state index in [-0.39, 0.29) is 17.5 Å². The van der Waals surface area contributed by atoms with E-state index < -0.39 is 19.7 Å². The lowest BCUT2D eigenvalue weighted by Crippen LogP contribution is -2.03. The minimum Gasteiger partial charge on any atom is -0.478 e. The number of hydrogen-bond donors (Lipinski definition) is 3. The Morgan fingerprint density at radius 1 is 1.35 bits per heavy atom. The summed E-state index contributed by atoms with van der Waals surface area (Å²) in [5, 5.41) is 8.76. The van der Waals surface area contributed by atoms with Gasteiger partial charge in [-0.25, -0.2) is 4.79 Å². The molecule has 3 N–H and O–H groups in total. The summed E-state index contributed by atoms with van der Waals surface area (Å²) in [7, 11) is -4.16. The highest BCUT2D eigenvalue weighted by Gasteiger charge is 2.15. The van der Waals surface area contributed by atoms with Crippen LogP contribution in [0.25, 0.3) is 0 Å². The molecule has 0 radical (unpaired) electrons. The van der Waals surface area contributed by atoms with Gasteiger partial charge in [0.2, 0.25) is 0 Å². The highest BCUT2D eigenvalue weighted by atomic mass is 31.2. The van der Waals surface area contributed by atoms with E-state index in [1.165, 1.54) is 18.2 Å². The average molecular weight is 258 g/mol. The zero-order valence-electron chi connectivity index (χ0n) is 8.74. The number of carbonyl (C=O) groups excluding carboxylic acids is 1. The largest absolute Gasteiger partial charge is 0.478 e. The summed E-state index contributed by atoms with van der Waals surface area (Å²) < 4.78 is 10.7. The molecule has 0 heterocycles. The van der Waals surface area contributed by atoms with E-state index in [2.05, 4.69) is 0 Å². The zero-order chi connectivity index (χ0) is 13.1. The number of benzene rings is 1. The molecular formula is C10H11O6P. The number of aryl methyl sites for hydroxylation is 1. The topological polar surface area (TPSA) is 112 Å². The fourth-order valence-electron chi connectivity index (χ4n) is 1.34. The summed E-state index contributed by atoms with van der Waals surface area (Å²) in [6, 6.07) is 3.85. The lowest BCUT2D eigenvalue weighted by Gasteiger charge is -2.07. The summed E-state index contributed by atoms with van der Waals surface area (Å²) in [5.74, 6) is -1.15. The maximum atomic E-state index is 10.7. The first-order valence-corrected chi connectivity index (χ1v) is 6.49. The van der Waals surface area contributed by atoms with E-state index in [0.717, 1.165) is 0 Å². The third-order valence-corrected chi connectivity index (χ3v) is 3.00. The number of carboxylic acids is 1. The van der Waals surface area contributed by atoms with Crippen molar-refractivity contribution in [2.75, 3.05) is 6.16 Å². The molecule has 7 heteroatoms. The van der Waals surface area contributed by atoms with Gasteiger partial charge in [0, 0.05) is 5.56 Å². The summed E-state index contributed by atoms with van der Waals surface area (Å²) in [4.78, 5) is 38.9. The summed E-state index contributed by atoms with van der Waals surface area (Å²) in [5.41, 5.74) is 0.544. The van der Waals surface area contributed by atoms with Gasteiger partial charge in [0.25, 0.3) is 0 Å². The lowest BCUT2D eigenvalue weighted by atomic mass is 10.0. The molecule has 17 heavy (non-hydrogen) atoms. The molecule has 0 fully saturated rings. The van der Waals surface area contributed by atoms with Crippen molar-refractivity contribution in [3.63, 3.8) is 0 Å². The first-order chi connectivity index (χ1) is 7.83. The SMILES string of the molecule is O=Cc1ccc(C(=O)O)cc1CCP(=O)(O)O.